The van der Waals surface area contributed by atoms with Crippen LogP contribution in [-0.4, -0.2) is 34.4 Å². The Balaban J connectivity index is 0. The summed E-state index contributed by atoms with van der Waals surface area (Å²) in [5, 5.41) is 0. The summed E-state index contributed by atoms with van der Waals surface area (Å²) >= 11 is 0. The van der Waals surface area contributed by atoms with Gasteiger partial charge in [0.15, 0.2) is 5.69 Å². The number of rotatable bonds is 2. The van der Waals surface area contributed by atoms with E-state index in [0.717, 1.165) is 0 Å². The lowest BCUT2D eigenvalue weighted by atomic mass is 10.3. The zero-order chi connectivity index (χ0) is 18.5. The highest BCUT2D eigenvalue weighted by Crippen LogP contribution is 2.01. The molecule has 0 aliphatic carbocycles. The quantitative estimate of drug-likeness (QED) is 0.146. The molecule has 2 rings (SSSR count). The number of anilines is 2. The van der Waals surface area contributed by atoms with Crippen LogP contribution in [0.5, 0.6) is 0 Å². The molecular weight excluding hydrogens is 332 g/mol. The molecule has 25 heavy (non-hydrogen) atoms. The fourth-order valence-corrected chi connectivity index (χ4v) is 1.32. The van der Waals surface area contributed by atoms with Gasteiger partial charge in [-0.15, -0.1) is 0 Å². The summed E-state index contributed by atoms with van der Waals surface area (Å²) in [5.41, 5.74) is 13.0. The number of nitrogens with zero attached hydrogens (tertiary/aromatic N) is 2. The van der Waals surface area contributed by atoms with E-state index < -0.39 is 11.9 Å². The molecule has 2 heterocycles. The molecule has 2 aromatic heterocycles. The van der Waals surface area contributed by atoms with E-state index in [1.807, 2.05) is 5.43 Å². The molecule has 2 aromatic rings. The molecule has 1 amide bonds. The van der Waals surface area contributed by atoms with Gasteiger partial charge in [0.2, 0.25) is 0 Å². The van der Waals surface area contributed by atoms with E-state index >= 15 is 0 Å². The summed E-state index contributed by atoms with van der Waals surface area (Å²) in [7, 11) is 1.30. The van der Waals surface area contributed by atoms with Gasteiger partial charge in [-0.05, 0) is 24.3 Å². The van der Waals surface area contributed by atoms with Crippen molar-refractivity contribution in [2.24, 2.45) is 17.5 Å². The van der Waals surface area contributed by atoms with Crippen LogP contribution in [0.15, 0.2) is 36.4 Å². The highest BCUT2D eigenvalue weighted by Gasteiger charge is 2.05. The Morgan fingerprint density at radius 1 is 0.960 bits per heavy atom. The average molecular weight is 354 g/mol. The predicted octanol–water partition coefficient (Wildman–Crippen LogP) is -2.29. The molecule has 0 saturated heterocycles. The maximum atomic E-state index is 10.8. The van der Waals surface area contributed by atoms with E-state index in [1.54, 1.807) is 30.3 Å². The van der Waals surface area contributed by atoms with Gasteiger partial charge < -0.3 is 21.7 Å². The summed E-state index contributed by atoms with van der Waals surface area (Å²) in [6, 6.07) is 9.54. The van der Waals surface area contributed by atoms with Crippen molar-refractivity contribution < 1.29 is 19.8 Å². The second kappa shape index (κ2) is 13.1. The van der Waals surface area contributed by atoms with Crippen LogP contribution in [-0.2, 0) is 4.74 Å². The highest BCUT2D eigenvalue weighted by atomic mass is 16.5. The lowest BCUT2D eigenvalue weighted by molar-refractivity contribution is 0.0594. The first kappa shape index (κ1) is 23.9. The number of nitrogens with one attached hydrogen (secondary N) is 1. The van der Waals surface area contributed by atoms with Gasteiger partial charge >= 0.3 is 5.97 Å². The van der Waals surface area contributed by atoms with Gasteiger partial charge in [-0.2, -0.15) is 0 Å². The van der Waals surface area contributed by atoms with E-state index in [4.69, 9.17) is 17.3 Å². The van der Waals surface area contributed by atoms with Crippen molar-refractivity contribution in [1.82, 2.24) is 15.4 Å². The molecule has 0 aliphatic rings. The lowest BCUT2D eigenvalue weighted by Crippen LogP contribution is -2.30. The second-order valence-electron chi connectivity index (χ2n) is 3.86. The van der Waals surface area contributed by atoms with Crippen LogP contribution < -0.4 is 34.4 Å². The zero-order valence-electron chi connectivity index (χ0n) is 13.5. The summed E-state index contributed by atoms with van der Waals surface area (Å²) in [5.74, 6) is 12.6. The number of aromatic nitrogens is 2. The first-order valence-electron chi connectivity index (χ1n) is 6.35. The summed E-state index contributed by atoms with van der Waals surface area (Å²) in [4.78, 5) is 29.1. The first-order chi connectivity index (χ1) is 11.5. The molecule has 12 heteroatoms. The molecular formula is C13H22N8O4. The third-order valence-electron chi connectivity index (χ3n) is 2.30. The Morgan fingerprint density at radius 3 is 1.80 bits per heavy atom. The van der Waals surface area contributed by atoms with Crippen molar-refractivity contribution in [3.63, 3.8) is 0 Å². The summed E-state index contributed by atoms with van der Waals surface area (Å²) in [6.07, 6.45) is 0. The molecule has 13 N–H and O–H groups in total. The molecule has 0 bridgehead atoms. The molecule has 0 fully saturated rings. The van der Waals surface area contributed by atoms with E-state index in [0.29, 0.717) is 11.6 Å². The SMILES string of the molecule is COC(=O)c1cccc(N)n1.NN.NNC(=O)c1cccc(N)n1.O. The van der Waals surface area contributed by atoms with Gasteiger partial charge in [0.05, 0.1) is 7.11 Å². The number of hydrogen-bond donors (Lipinski definition) is 6. The number of pyridine rings is 2. The number of hydrogen-bond acceptors (Lipinski definition) is 10. The average Bonchev–Trinajstić information content (AvgIpc) is 2.62. The van der Waals surface area contributed by atoms with Crippen LogP contribution in [0, 0.1) is 0 Å². The Kier molecular flexibility index (Phi) is 12.6. The Hall–Kier alpha value is -3.32. The summed E-state index contributed by atoms with van der Waals surface area (Å²) < 4.78 is 4.43. The third kappa shape index (κ3) is 8.77. The zero-order valence-corrected chi connectivity index (χ0v) is 13.5. The summed E-state index contributed by atoms with van der Waals surface area (Å²) in [6.45, 7) is 0. The number of methoxy groups -OCH3 is 1. The maximum absolute atomic E-state index is 10.8. The second-order valence-corrected chi connectivity index (χ2v) is 3.86. The minimum absolute atomic E-state index is 0. The fourth-order valence-electron chi connectivity index (χ4n) is 1.32. The number of carbonyl (C=O) groups is 2. The number of carbonyl (C=O) groups excluding carboxylic acids is 2. The fraction of sp³-hybridized carbons (Fsp3) is 0.0769. The van der Waals surface area contributed by atoms with Crippen LogP contribution in [0.2, 0.25) is 0 Å². The third-order valence-corrected chi connectivity index (χ3v) is 2.30. The van der Waals surface area contributed by atoms with Crippen molar-refractivity contribution in [2.75, 3.05) is 18.6 Å². The van der Waals surface area contributed by atoms with Crippen LogP contribution >= 0.6 is 0 Å². The minimum Gasteiger partial charge on any atom is -0.464 e. The van der Waals surface area contributed by atoms with Crippen molar-refractivity contribution in [1.29, 1.82) is 0 Å². The molecule has 0 saturated carbocycles. The van der Waals surface area contributed by atoms with Gasteiger partial charge in [0, 0.05) is 0 Å². The van der Waals surface area contributed by atoms with E-state index in [9.17, 15) is 9.59 Å². The largest absolute Gasteiger partial charge is 0.464 e. The standard InChI is InChI=1S/C7H8N2O2.C6H8N4O.H4N2.H2O/c1-11-7(10)5-3-2-4-6(8)9-5;7-5-3-1-2-4(9-5)6(11)10-8;1-2;/h2-4H,1H3,(H2,8,9);1-3H,8H2,(H2,7,9)(H,10,11);1-2H2;1H2. The number of nitrogen functional groups attached to an aromatic ring is 3. The molecule has 138 valence electrons. The Labute approximate surface area is 143 Å². The van der Waals surface area contributed by atoms with E-state index in [2.05, 4.69) is 26.4 Å². The number of ether oxygens (including phenoxy) is 1. The Morgan fingerprint density at radius 2 is 1.40 bits per heavy atom. The highest BCUT2D eigenvalue weighted by molar-refractivity contribution is 5.92. The van der Waals surface area contributed by atoms with Crippen LogP contribution in [0.3, 0.4) is 0 Å². The number of nitrogens with two attached hydrogens (primary N) is 5. The molecule has 0 radical (unpaired) electrons. The minimum atomic E-state index is -0.475. The van der Waals surface area contributed by atoms with Crippen molar-refractivity contribution in [3.8, 4) is 0 Å². The topological polar surface area (TPSA) is 243 Å². The van der Waals surface area contributed by atoms with E-state index in [1.165, 1.54) is 13.2 Å². The number of esters is 1. The van der Waals surface area contributed by atoms with Gasteiger partial charge in [-0.1, -0.05) is 12.1 Å². The molecule has 12 nitrogen and oxygen atoms in total. The molecule has 0 spiro atoms. The maximum Gasteiger partial charge on any atom is 0.356 e. The van der Waals surface area contributed by atoms with Crippen LogP contribution in [0.25, 0.3) is 0 Å². The number of amides is 1. The first-order valence-corrected chi connectivity index (χ1v) is 6.35. The van der Waals surface area contributed by atoms with Crippen molar-refractivity contribution >= 4 is 23.5 Å². The van der Waals surface area contributed by atoms with Gasteiger partial charge in [0.25, 0.3) is 5.91 Å². The Bertz CT molecular complexity index is 610. The molecule has 0 atom stereocenters. The smallest absolute Gasteiger partial charge is 0.356 e. The van der Waals surface area contributed by atoms with Gasteiger partial charge in [0.1, 0.15) is 17.3 Å². The van der Waals surface area contributed by atoms with Gasteiger partial charge in [-0.25, -0.2) is 20.6 Å². The van der Waals surface area contributed by atoms with Crippen LogP contribution in [0.1, 0.15) is 21.0 Å². The van der Waals surface area contributed by atoms with Gasteiger partial charge in [-0.3, -0.25) is 21.9 Å². The van der Waals surface area contributed by atoms with E-state index in [-0.39, 0.29) is 16.9 Å². The molecule has 0 aromatic carbocycles. The normalized spacial score (nSPS) is 8.32. The monoisotopic (exact) mass is 354 g/mol. The number of hydrazine groups is 2. The lowest BCUT2D eigenvalue weighted by Gasteiger charge is -1.97. The van der Waals surface area contributed by atoms with Crippen molar-refractivity contribution in [3.05, 3.63) is 47.8 Å². The molecule has 0 aliphatic heterocycles. The van der Waals surface area contributed by atoms with Crippen molar-refractivity contribution in [2.45, 2.75) is 0 Å². The predicted molar refractivity (Wildman–Crippen MR) is 92.3 cm³/mol. The molecule has 0 unspecified atom stereocenters. The van der Waals surface area contributed by atoms with Crippen LogP contribution in [0.4, 0.5) is 11.6 Å².